The summed E-state index contributed by atoms with van der Waals surface area (Å²) in [5.41, 5.74) is 5.44. The van der Waals surface area contributed by atoms with Crippen LogP contribution in [0, 0.1) is 11.8 Å². The number of ether oxygens (including phenoxy) is 3. The maximum absolute atomic E-state index is 12.0. The number of benzene rings is 3. The molecule has 0 radical (unpaired) electrons. The first kappa shape index (κ1) is 27.5. The van der Waals surface area contributed by atoms with Gasteiger partial charge in [0.05, 0.1) is 32.3 Å². The highest BCUT2D eigenvalue weighted by atomic mass is 16.5. The van der Waals surface area contributed by atoms with Crippen LogP contribution in [0.1, 0.15) is 53.0 Å². The van der Waals surface area contributed by atoms with E-state index in [9.17, 15) is 20.4 Å². The van der Waals surface area contributed by atoms with Crippen LogP contribution in [0.3, 0.4) is 0 Å². The molecular weight excluding hydrogens is 548 g/mol. The first-order valence-electron chi connectivity index (χ1n) is 14.7. The van der Waals surface area contributed by atoms with Crippen molar-refractivity contribution in [1.82, 2.24) is 5.32 Å². The van der Waals surface area contributed by atoms with E-state index in [1.54, 1.807) is 18.2 Å². The summed E-state index contributed by atoms with van der Waals surface area (Å²) in [6.45, 7) is 0.729. The van der Waals surface area contributed by atoms with Gasteiger partial charge in [0.1, 0.15) is 42.2 Å². The predicted octanol–water partition coefficient (Wildman–Crippen LogP) is 2.45. The highest BCUT2D eigenvalue weighted by Crippen LogP contribution is 2.56. The molecule has 3 aromatic rings. The number of methoxy groups -OCH3 is 1. The van der Waals surface area contributed by atoms with Crippen LogP contribution >= 0.6 is 0 Å². The fraction of sp³-hybridized carbons (Fsp3) is 0.353. The summed E-state index contributed by atoms with van der Waals surface area (Å²) in [5.74, 6) is 8.04. The Labute approximate surface area is 249 Å². The molecule has 2 aliphatic heterocycles. The van der Waals surface area contributed by atoms with Crippen molar-refractivity contribution >= 4 is 0 Å². The Bertz CT molecular complexity index is 1660. The summed E-state index contributed by atoms with van der Waals surface area (Å²) < 4.78 is 18.2. The van der Waals surface area contributed by atoms with Gasteiger partial charge >= 0.3 is 0 Å². The fourth-order valence-electron chi connectivity index (χ4n) is 7.15. The number of hydrogen-bond donors (Lipinski definition) is 6. The fourth-order valence-corrected chi connectivity index (χ4v) is 7.15. The van der Waals surface area contributed by atoms with Gasteiger partial charge in [-0.15, -0.1) is 0 Å². The minimum atomic E-state index is -0.998. The first-order valence-corrected chi connectivity index (χ1v) is 14.7. The van der Waals surface area contributed by atoms with Crippen LogP contribution < -0.4 is 24.4 Å². The summed E-state index contributed by atoms with van der Waals surface area (Å²) in [7, 11) is 1.48. The molecule has 2 aliphatic carbocycles. The Morgan fingerprint density at radius 1 is 1.09 bits per heavy atom. The summed E-state index contributed by atoms with van der Waals surface area (Å²) in [6.07, 6.45) is 4.53. The number of aromatic hydroxyl groups is 2. The van der Waals surface area contributed by atoms with E-state index in [-0.39, 0.29) is 42.4 Å². The van der Waals surface area contributed by atoms with Crippen molar-refractivity contribution < 1.29 is 39.5 Å². The minimum Gasteiger partial charge on any atom is -0.508 e. The monoisotopic (exact) mass is 583 g/mol. The van der Waals surface area contributed by atoms with Crippen molar-refractivity contribution in [2.45, 2.75) is 49.3 Å². The molecule has 9 nitrogen and oxygen atoms in total. The highest BCUT2D eigenvalue weighted by Gasteiger charge is 2.45. The van der Waals surface area contributed by atoms with Crippen LogP contribution in [-0.4, -0.2) is 59.6 Å². The summed E-state index contributed by atoms with van der Waals surface area (Å²) in [4.78, 5) is 1.30. The SMILES string of the molecule is COc1cc(C2Oc3cc(OCCO)c4c5c3C(C#CCC([NH+]3C=CNC3)CC5Cc3cc(O)ccc3-4)C2O)ccc1O. The van der Waals surface area contributed by atoms with Crippen LogP contribution in [0.25, 0.3) is 11.1 Å². The molecule has 222 valence electrons. The maximum Gasteiger partial charge on any atom is 0.160 e. The van der Waals surface area contributed by atoms with Gasteiger partial charge < -0.3 is 40.0 Å². The number of aliphatic hydroxyl groups excluding tert-OH is 2. The van der Waals surface area contributed by atoms with Gasteiger partial charge in [-0.1, -0.05) is 24.0 Å². The molecule has 6 N–H and O–H groups in total. The topological polar surface area (TPSA) is 125 Å². The van der Waals surface area contributed by atoms with Crippen LogP contribution in [0.5, 0.6) is 28.7 Å². The smallest absolute Gasteiger partial charge is 0.160 e. The lowest BCUT2D eigenvalue weighted by Gasteiger charge is -2.40. The Morgan fingerprint density at radius 3 is 2.77 bits per heavy atom. The second kappa shape index (κ2) is 11.0. The molecule has 4 aliphatic rings. The van der Waals surface area contributed by atoms with E-state index >= 15 is 0 Å². The van der Waals surface area contributed by atoms with Gasteiger partial charge in [0, 0.05) is 23.6 Å². The largest absolute Gasteiger partial charge is 0.508 e. The zero-order valence-corrected chi connectivity index (χ0v) is 23.8. The van der Waals surface area contributed by atoms with Crippen molar-refractivity contribution in [3.05, 3.63) is 77.1 Å². The predicted molar refractivity (Wildman–Crippen MR) is 158 cm³/mol. The molecule has 9 heteroatoms. The van der Waals surface area contributed by atoms with E-state index in [4.69, 9.17) is 14.2 Å². The van der Waals surface area contributed by atoms with Gasteiger partial charge in [0.25, 0.3) is 0 Å². The molecule has 0 fully saturated rings. The van der Waals surface area contributed by atoms with E-state index in [1.165, 1.54) is 18.1 Å². The maximum atomic E-state index is 12.0. The first-order chi connectivity index (χ1) is 21.0. The molecule has 6 unspecified atom stereocenters. The van der Waals surface area contributed by atoms with Gasteiger partial charge in [0.15, 0.2) is 24.3 Å². The van der Waals surface area contributed by atoms with Gasteiger partial charge in [-0.2, -0.15) is 0 Å². The molecule has 0 saturated heterocycles. The molecular formula is C34H35N2O7+. The third-order valence-corrected chi connectivity index (χ3v) is 9.08. The van der Waals surface area contributed by atoms with Crippen LogP contribution in [-0.2, 0) is 6.42 Å². The second-order valence-electron chi connectivity index (χ2n) is 11.6. The average Bonchev–Trinajstić information content (AvgIpc) is 3.56. The zero-order valence-electron chi connectivity index (χ0n) is 23.8. The zero-order chi connectivity index (χ0) is 29.7. The number of aliphatic hydroxyl groups is 2. The Kier molecular flexibility index (Phi) is 7.06. The normalized spacial score (nSPS) is 26.3. The van der Waals surface area contributed by atoms with E-state index in [2.05, 4.69) is 23.4 Å². The van der Waals surface area contributed by atoms with E-state index < -0.39 is 18.1 Å². The number of fused-ring (bicyclic) bond motifs is 2. The summed E-state index contributed by atoms with van der Waals surface area (Å²) in [6, 6.07) is 12.4. The second-order valence-corrected chi connectivity index (χ2v) is 11.6. The lowest BCUT2D eigenvalue weighted by Crippen LogP contribution is -3.11. The quantitative estimate of drug-likeness (QED) is 0.245. The number of quaternary nitrogens is 1. The molecule has 0 saturated carbocycles. The lowest BCUT2D eigenvalue weighted by atomic mass is 9.70. The Balaban J connectivity index is 1.45. The number of nitrogens with one attached hydrogen (secondary N) is 2. The van der Waals surface area contributed by atoms with E-state index in [1.807, 2.05) is 24.4 Å². The molecule has 0 amide bonds. The third-order valence-electron chi connectivity index (χ3n) is 9.08. The number of rotatable bonds is 6. The highest BCUT2D eigenvalue weighted by molar-refractivity contribution is 5.83. The lowest BCUT2D eigenvalue weighted by molar-refractivity contribution is -0.870. The third kappa shape index (κ3) is 4.72. The van der Waals surface area contributed by atoms with Crippen molar-refractivity contribution in [3.8, 4) is 51.7 Å². The van der Waals surface area contributed by atoms with Gasteiger partial charge in [-0.25, -0.2) is 0 Å². The average molecular weight is 584 g/mol. The molecule has 6 atom stereocenters. The Morgan fingerprint density at radius 2 is 1.98 bits per heavy atom. The van der Waals surface area contributed by atoms with E-state index in [0.717, 1.165) is 40.9 Å². The number of hydrogen-bond acceptors (Lipinski definition) is 8. The molecule has 7 rings (SSSR count). The number of phenolic OH excluding ortho intramolecular Hbond substituents is 2. The molecule has 0 aromatic heterocycles. The van der Waals surface area contributed by atoms with Gasteiger partial charge in [0.2, 0.25) is 0 Å². The van der Waals surface area contributed by atoms with Crippen LogP contribution in [0.4, 0.5) is 0 Å². The van der Waals surface area contributed by atoms with Crippen molar-refractivity contribution in [2.75, 3.05) is 27.0 Å². The molecule has 0 spiro atoms. The number of phenols is 2. The van der Waals surface area contributed by atoms with Crippen LogP contribution in [0.15, 0.2) is 54.9 Å². The van der Waals surface area contributed by atoms with Crippen molar-refractivity contribution in [2.24, 2.45) is 0 Å². The van der Waals surface area contributed by atoms with Gasteiger partial charge in [-0.05, 0) is 58.9 Å². The summed E-state index contributed by atoms with van der Waals surface area (Å²) in [5, 5.41) is 45.6. The summed E-state index contributed by atoms with van der Waals surface area (Å²) >= 11 is 0. The Hall–Kier alpha value is -4.36. The van der Waals surface area contributed by atoms with Crippen molar-refractivity contribution in [3.63, 3.8) is 0 Å². The van der Waals surface area contributed by atoms with Crippen molar-refractivity contribution in [1.29, 1.82) is 0 Å². The molecule has 0 bridgehead atoms. The molecule has 43 heavy (non-hydrogen) atoms. The van der Waals surface area contributed by atoms with Crippen LogP contribution in [0.2, 0.25) is 0 Å². The molecule has 3 aromatic carbocycles. The minimum absolute atomic E-state index is 0.000482. The van der Waals surface area contributed by atoms with E-state index in [0.29, 0.717) is 29.9 Å². The standard InChI is InChI=1S/C34H34N2O7/c1-41-27-16-19(5-8-26(27)39)34-33(40)25-4-2-3-22(36-10-9-35-18-36)14-21-13-20-15-23(38)6-7-24(20)31-28(42-12-11-37)17-29(43-34)32(25)30(21)31/h5-10,15-17,21-22,25,33-35,37-40H,3,11-14,18H2,1H3/p+1. The molecule has 2 heterocycles. The van der Waals surface area contributed by atoms with Gasteiger partial charge in [-0.3, -0.25) is 4.90 Å².